The molecule has 0 spiro atoms. The van der Waals surface area contributed by atoms with Crippen molar-refractivity contribution in [1.29, 1.82) is 0 Å². The van der Waals surface area contributed by atoms with E-state index in [0.29, 0.717) is 71.7 Å². The van der Waals surface area contributed by atoms with Crippen LogP contribution in [-0.4, -0.2) is 59.4 Å². The van der Waals surface area contributed by atoms with E-state index in [1.54, 1.807) is 113 Å². The van der Waals surface area contributed by atoms with Crippen LogP contribution < -0.4 is 21.3 Å². The molecule has 0 radical (unpaired) electrons. The molecule has 362 valence electrons. The fourth-order valence-corrected chi connectivity index (χ4v) is 6.61. The van der Waals surface area contributed by atoms with Gasteiger partial charge >= 0.3 is 0 Å². The SMILES string of the molecule is C=C(C)C(=O)Nc1ccc2cc(O)ccc2c1.C=C(C)C(=O)Nc1cccc2c(O)c(O)ccc12.C=C(C)C(=O)Nc1cccc2c(O)cc(O)cc12.C=C(C)C(=O)Nc1cccc2c(O)ccc(O)c12. The Morgan fingerprint density at radius 3 is 1.42 bits per heavy atom. The average molecular weight is 957 g/mol. The van der Waals surface area contributed by atoms with E-state index in [-0.39, 0.29) is 63.9 Å². The number of nitrogens with one attached hydrogen (secondary N) is 4. The first-order chi connectivity index (χ1) is 33.6. The molecule has 0 bridgehead atoms. The zero-order valence-corrected chi connectivity index (χ0v) is 39.2. The van der Waals surface area contributed by atoms with Crippen molar-refractivity contribution in [2.75, 3.05) is 21.3 Å². The summed E-state index contributed by atoms with van der Waals surface area (Å²) in [5, 5.41) is 83.1. The topological polar surface area (TPSA) is 258 Å². The van der Waals surface area contributed by atoms with Crippen LogP contribution in [0.15, 0.2) is 176 Å². The van der Waals surface area contributed by atoms with Gasteiger partial charge in [-0.05, 0) is 111 Å². The third-order valence-electron chi connectivity index (χ3n) is 10.3. The summed E-state index contributed by atoms with van der Waals surface area (Å²) >= 11 is 0. The molecule has 8 rings (SSSR count). The monoisotopic (exact) mass is 956 g/mol. The predicted octanol–water partition coefficient (Wildman–Crippen LogP) is 11.4. The Morgan fingerprint density at radius 1 is 0.366 bits per heavy atom. The third-order valence-corrected chi connectivity index (χ3v) is 10.3. The van der Waals surface area contributed by atoms with Gasteiger partial charge < -0.3 is 57.0 Å². The van der Waals surface area contributed by atoms with Crippen molar-refractivity contribution in [2.45, 2.75) is 27.7 Å². The molecular formula is C56H52N4O11. The standard InChI is InChI=1S/3C14H13NO3.C14H13NO2/c1-8(2)14(18)15-12-5-3-4-10-11(12)6-9(16)7-13(10)17;1-8(2)14(18)15-11-5-3-4-10-9(11)6-7-12(16)13(10)17;1-8(2)14(18)15-10-5-3-4-9-11(16)6-7-12(17)13(9)10;1-9(2)14(17)15-12-5-3-11-8-13(16)6-4-10(11)7-12/h3*3-7,16-17H,1H2,2H3,(H,15,18);3-8,16H,1H2,2H3,(H,15,17). The van der Waals surface area contributed by atoms with E-state index >= 15 is 0 Å². The molecule has 0 fully saturated rings. The van der Waals surface area contributed by atoms with Crippen molar-refractivity contribution in [3.63, 3.8) is 0 Å². The second-order valence-electron chi connectivity index (χ2n) is 16.2. The first-order valence-electron chi connectivity index (χ1n) is 21.5. The smallest absolute Gasteiger partial charge is 0.250 e. The average Bonchev–Trinajstić information content (AvgIpc) is 3.32. The first kappa shape index (κ1) is 52.2. The molecule has 0 saturated carbocycles. The summed E-state index contributed by atoms with van der Waals surface area (Å²) in [6, 6.07) is 34.4. The van der Waals surface area contributed by atoms with Crippen LogP contribution in [0, 0.1) is 0 Å². The Bertz CT molecular complexity index is 3450. The molecule has 0 heterocycles. The molecular weight excluding hydrogens is 905 g/mol. The van der Waals surface area contributed by atoms with Crippen molar-refractivity contribution >= 4 is 89.5 Å². The van der Waals surface area contributed by atoms with Crippen LogP contribution in [0.5, 0.6) is 40.2 Å². The molecule has 11 N–H and O–H groups in total. The predicted molar refractivity (Wildman–Crippen MR) is 281 cm³/mol. The fourth-order valence-electron chi connectivity index (χ4n) is 6.61. The van der Waals surface area contributed by atoms with Gasteiger partial charge in [-0.3, -0.25) is 19.2 Å². The van der Waals surface area contributed by atoms with E-state index in [1.165, 1.54) is 30.3 Å². The van der Waals surface area contributed by atoms with Crippen molar-refractivity contribution in [1.82, 2.24) is 0 Å². The van der Waals surface area contributed by atoms with Gasteiger partial charge in [0.25, 0.3) is 23.6 Å². The Labute approximate surface area is 408 Å². The minimum absolute atomic E-state index is 0.000385. The number of benzene rings is 8. The van der Waals surface area contributed by atoms with Gasteiger partial charge in [0.15, 0.2) is 11.5 Å². The van der Waals surface area contributed by atoms with Crippen LogP contribution in [0.2, 0.25) is 0 Å². The number of phenols is 7. The molecule has 0 atom stereocenters. The summed E-state index contributed by atoms with van der Waals surface area (Å²) in [6.07, 6.45) is 0. The quantitative estimate of drug-likeness (QED) is 0.0388. The molecule has 0 aliphatic heterocycles. The van der Waals surface area contributed by atoms with Gasteiger partial charge in [-0.1, -0.05) is 74.8 Å². The molecule has 15 heteroatoms. The second-order valence-corrected chi connectivity index (χ2v) is 16.2. The minimum atomic E-state index is -0.328. The summed E-state index contributed by atoms with van der Waals surface area (Å²) in [4.78, 5) is 46.2. The van der Waals surface area contributed by atoms with Crippen molar-refractivity contribution in [3.05, 3.63) is 176 Å². The first-order valence-corrected chi connectivity index (χ1v) is 21.5. The van der Waals surface area contributed by atoms with Crippen molar-refractivity contribution in [2.24, 2.45) is 0 Å². The van der Waals surface area contributed by atoms with Crippen LogP contribution in [0.1, 0.15) is 27.7 Å². The van der Waals surface area contributed by atoms with E-state index in [2.05, 4.69) is 47.6 Å². The van der Waals surface area contributed by atoms with Gasteiger partial charge in [0, 0.05) is 72.4 Å². The fraction of sp³-hybridized carbons (Fsp3) is 0.0714. The number of anilines is 4. The lowest BCUT2D eigenvalue weighted by Crippen LogP contribution is -2.12. The highest BCUT2D eigenvalue weighted by Gasteiger charge is 2.14. The van der Waals surface area contributed by atoms with E-state index in [1.807, 2.05) is 12.1 Å². The highest BCUT2D eigenvalue weighted by molar-refractivity contribution is 6.12. The summed E-state index contributed by atoms with van der Waals surface area (Å²) < 4.78 is 0. The highest BCUT2D eigenvalue weighted by atomic mass is 16.3. The number of aromatic hydroxyl groups is 7. The Morgan fingerprint density at radius 2 is 0.831 bits per heavy atom. The summed E-state index contributed by atoms with van der Waals surface area (Å²) in [5.74, 6) is -1.29. The van der Waals surface area contributed by atoms with Crippen molar-refractivity contribution < 1.29 is 54.9 Å². The Balaban J connectivity index is 0.000000176. The molecule has 15 nitrogen and oxygen atoms in total. The molecule has 0 aliphatic carbocycles. The van der Waals surface area contributed by atoms with E-state index in [9.17, 15) is 54.9 Å². The summed E-state index contributed by atoms with van der Waals surface area (Å²) in [6.45, 7) is 20.7. The Kier molecular flexibility index (Phi) is 16.8. The zero-order valence-electron chi connectivity index (χ0n) is 39.2. The molecule has 0 aromatic heterocycles. The number of rotatable bonds is 8. The maximum atomic E-state index is 11.6. The van der Waals surface area contributed by atoms with Crippen LogP contribution in [0.25, 0.3) is 43.1 Å². The number of carbonyl (C=O) groups is 4. The van der Waals surface area contributed by atoms with Gasteiger partial charge in [-0.2, -0.15) is 0 Å². The normalized spacial score (nSPS) is 10.3. The van der Waals surface area contributed by atoms with Crippen LogP contribution >= 0.6 is 0 Å². The summed E-state index contributed by atoms with van der Waals surface area (Å²) in [5.41, 5.74) is 3.86. The molecule has 71 heavy (non-hydrogen) atoms. The van der Waals surface area contributed by atoms with Crippen LogP contribution in [-0.2, 0) is 19.2 Å². The largest absolute Gasteiger partial charge is 0.508 e. The van der Waals surface area contributed by atoms with Gasteiger partial charge in [-0.25, -0.2) is 0 Å². The van der Waals surface area contributed by atoms with Gasteiger partial charge in [0.2, 0.25) is 0 Å². The van der Waals surface area contributed by atoms with E-state index < -0.39 is 0 Å². The lowest BCUT2D eigenvalue weighted by atomic mass is 10.1. The molecule has 8 aromatic carbocycles. The third kappa shape index (κ3) is 13.2. The zero-order chi connectivity index (χ0) is 52.3. The van der Waals surface area contributed by atoms with Crippen LogP contribution in [0.4, 0.5) is 22.7 Å². The maximum absolute atomic E-state index is 11.6. The number of amides is 4. The molecule has 0 saturated heterocycles. The lowest BCUT2D eigenvalue weighted by Gasteiger charge is -2.10. The molecule has 0 aliphatic rings. The molecule has 0 unspecified atom stereocenters. The highest BCUT2D eigenvalue weighted by Crippen LogP contribution is 2.38. The van der Waals surface area contributed by atoms with Gasteiger partial charge in [0.05, 0.1) is 11.1 Å². The number of hydrogen-bond donors (Lipinski definition) is 11. The second kappa shape index (κ2) is 22.8. The molecule has 8 aromatic rings. The number of fused-ring (bicyclic) bond motifs is 4. The van der Waals surface area contributed by atoms with Gasteiger partial charge in [-0.15, -0.1) is 0 Å². The number of phenolic OH excluding ortho intramolecular Hbond substituents is 7. The minimum Gasteiger partial charge on any atom is -0.508 e. The molecule has 4 amide bonds. The van der Waals surface area contributed by atoms with E-state index in [4.69, 9.17) is 0 Å². The summed E-state index contributed by atoms with van der Waals surface area (Å²) in [7, 11) is 0. The number of carbonyl (C=O) groups excluding carboxylic acids is 4. The van der Waals surface area contributed by atoms with E-state index in [0.717, 1.165) is 16.5 Å². The van der Waals surface area contributed by atoms with Crippen LogP contribution in [0.3, 0.4) is 0 Å². The number of hydrogen-bond acceptors (Lipinski definition) is 11. The van der Waals surface area contributed by atoms with Crippen molar-refractivity contribution in [3.8, 4) is 40.2 Å². The Hall–Kier alpha value is -9.76. The lowest BCUT2D eigenvalue weighted by molar-refractivity contribution is -0.113. The maximum Gasteiger partial charge on any atom is 0.250 e. The van der Waals surface area contributed by atoms with Gasteiger partial charge in [0.1, 0.15) is 28.7 Å².